The number of ether oxygens (including phenoxy) is 1. The summed E-state index contributed by atoms with van der Waals surface area (Å²) < 4.78 is 5.02. The van der Waals surface area contributed by atoms with Crippen LogP contribution in [0.4, 0.5) is 0 Å². The van der Waals surface area contributed by atoms with Gasteiger partial charge in [0.2, 0.25) is 0 Å². The lowest BCUT2D eigenvalue weighted by Gasteiger charge is -2.19. The van der Waals surface area contributed by atoms with Crippen molar-refractivity contribution in [2.45, 2.75) is 32.6 Å². The molecule has 0 aliphatic heterocycles. The van der Waals surface area contributed by atoms with E-state index < -0.39 is 6.10 Å². The van der Waals surface area contributed by atoms with Crippen LogP contribution in [-0.2, 0) is 9.53 Å². The van der Waals surface area contributed by atoms with Crippen LogP contribution in [0.25, 0.3) is 0 Å². The third-order valence-electron chi connectivity index (χ3n) is 2.45. The van der Waals surface area contributed by atoms with Gasteiger partial charge in [-0.1, -0.05) is 30.7 Å². The van der Waals surface area contributed by atoms with Crippen molar-refractivity contribution in [3.8, 4) is 0 Å². The number of rotatable bonds is 6. The highest BCUT2D eigenvalue weighted by molar-refractivity contribution is 6.30. The molecule has 0 aliphatic rings. The number of hydrogen-bond acceptors (Lipinski definition) is 4. The van der Waals surface area contributed by atoms with Gasteiger partial charge in [-0.3, -0.25) is 10.1 Å². The third-order valence-corrected chi connectivity index (χ3v) is 2.69. The summed E-state index contributed by atoms with van der Waals surface area (Å²) in [4.78, 5) is 10.8. The highest BCUT2D eigenvalue weighted by Crippen LogP contribution is 2.17. The number of hydrogen-bond donors (Lipinski definition) is 2. The molecule has 4 nitrogen and oxygen atoms in total. The molecule has 1 rings (SSSR count). The SMILES string of the molecule is CCC(NCC(O)c1cccc(Cl)c1)OC(C)=O. The van der Waals surface area contributed by atoms with Crippen molar-refractivity contribution in [3.05, 3.63) is 34.9 Å². The average molecular weight is 272 g/mol. The van der Waals surface area contributed by atoms with E-state index in [1.807, 2.05) is 6.92 Å². The van der Waals surface area contributed by atoms with Crippen molar-refractivity contribution < 1.29 is 14.6 Å². The lowest BCUT2D eigenvalue weighted by atomic mass is 10.1. The minimum absolute atomic E-state index is 0.298. The Morgan fingerprint density at radius 1 is 1.56 bits per heavy atom. The highest BCUT2D eigenvalue weighted by Gasteiger charge is 2.13. The fourth-order valence-corrected chi connectivity index (χ4v) is 1.74. The first kappa shape index (κ1) is 15.0. The smallest absolute Gasteiger partial charge is 0.304 e. The maximum absolute atomic E-state index is 10.8. The van der Waals surface area contributed by atoms with Gasteiger partial charge in [-0.15, -0.1) is 0 Å². The molecule has 0 aromatic heterocycles. The summed E-state index contributed by atoms with van der Waals surface area (Å²) in [6, 6.07) is 7.04. The van der Waals surface area contributed by atoms with E-state index in [0.717, 1.165) is 5.56 Å². The van der Waals surface area contributed by atoms with Gasteiger partial charge in [0.15, 0.2) is 6.23 Å². The zero-order valence-corrected chi connectivity index (χ0v) is 11.3. The summed E-state index contributed by atoms with van der Waals surface area (Å²) >= 11 is 5.85. The molecule has 2 N–H and O–H groups in total. The lowest BCUT2D eigenvalue weighted by molar-refractivity contribution is -0.148. The fourth-order valence-electron chi connectivity index (χ4n) is 1.54. The van der Waals surface area contributed by atoms with E-state index in [1.54, 1.807) is 24.3 Å². The van der Waals surface area contributed by atoms with Gasteiger partial charge < -0.3 is 9.84 Å². The van der Waals surface area contributed by atoms with E-state index in [4.69, 9.17) is 16.3 Å². The summed E-state index contributed by atoms with van der Waals surface area (Å²) in [7, 11) is 0. The molecule has 18 heavy (non-hydrogen) atoms. The van der Waals surface area contributed by atoms with Gasteiger partial charge in [0.25, 0.3) is 0 Å². The maximum Gasteiger partial charge on any atom is 0.304 e. The molecule has 1 aromatic rings. The van der Waals surface area contributed by atoms with Gasteiger partial charge in [0.05, 0.1) is 6.10 Å². The Balaban J connectivity index is 2.49. The van der Waals surface area contributed by atoms with E-state index >= 15 is 0 Å². The summed E-state index contributed by atoms with van der Waals surface area (Å²) in [6.07, 6.45) is -0.424. The van der Waals surface area contributed by atoms with Crippen LogP contribution in [0.15, 0.2) is 24.3 Å². The topological polar surface area (TPSA) is 58.6 Å². The van der Waals surface area contributed by atoms with Crippen molar-refractivity contribution in [1.82, 2.24) is 5.32 Å². The molecule has 0 saturated carbocycles. The number of carbonyl (C=O) groups excluding carboxylic acids is 1. The van der Waals surface area contributed by atoms with Crippen molar-refractivity contribution in [2.24, 2.45) is 0 Å². The Morgan fingerprint density at radius 2 is 2.28 bits per heavy atom. The van der Waals surface area contributed by atoms with Crippen LogP contribution in [0.1, 0.15) is 31.9 Å². The van der Waals surface area contributed by atoms with Crippen LogP contribution in [0.3, 0.4) is 0 Å². The van der Waals surface area contributed by atoms with Crippen LogP contribution in [-0.4, -0.2) is 23.8 Å². The van der Waals surface area contributed by atoms with Gasteiger partial charge >= 0.3 is 5.97 Å². The molecular weight excluding hydrogens is 254 g/mol. The zero-order valence-electron chi connectivity index (χ0n) is 10.5. The molecule has 0 fully saturated rings. The Kier molecular flexibility index (Phi) is 6.12. The van der Waals surface area contributed by atoms with E-state index in [-0.39, 0.29) is 12.2 Å². The Hall–Kier alpha value is -1.10. The quantitative estimate of drug-likeness (QED) is 0.616. The molecule has 0 amide bonds. The Morgan fingerprint density at radius 3 is 2.83 bits per heavy atom. The van der Waals surface area contributed by atoms with Crippen LogP contribution >= 0.6 is 11.6 Å². The fraction of sp³-hybridized carbons (Fsp3) is 0.462. The standard InChI is InChI=1S/C13H18ClNO3/c1-3-13(18-9(2)16)15-8-12(17)10-5-4-6-11(14)7-10/h4-7,12-13,15,17H,3,8H2,1-2H3. The molecule has 5 heteroatoms. The molecular formula is C13H18ClNO3. The molecule has 0 aliphatic carbocycles. The second-order valence-corrected chi connectivity index (χ2v) is 4.42. The summed E-state index contributed by atoms with van der Waals surface area (Å²) in [5, 5.41) is 13.5. The molecule has 2 atom stereocenters. The highest BCUT2D eigenvalue weighted by atomic mass is 35.5. The molecule has 0 saturated heterocycles. The van der Waals surface area contributed by atoms with E-state index in [1.165, 1.54) is 6.92 Å². The molecule has 0 radical (unpaired) electrons. The van der Waals surface area contributed by atoms with E-state index in [9.17, 15) is 9.90 Å². The molecule has 1 aromatic carbocycles. The van der Waals surface area contributed by atoms with Gasteiger partial charge in [-0.2, -0.15) is 0 Å². The predicted molar refractivity (Wildman–Crippen MR) is 70.3 cm³/mol. The van der Waals surface area contributed by atoms with Gasteiger partial charge in [0.1, 0.15) is 0 Å². The van der Waals surface area contributed by atoms with Crippen molar-refractivity contribution in [2.75, 3.05) is 6.54 Å². The summed E-state index contributed by atoms with van der Waals surface area (Å²) in [5.41, 5.74) is 0.729. The number of carbonyl (C=O) groups is 1. The monoisotopic (exact) mass is 271 g/mol. The van der Waals surface area contributed by atoms with Crippen LogP contribution in [0.2, 0.25) is 5.02 Å². The number of halogens is 1. The summed E-state index contributed by atoms with van der Waals surface area (Å²) in [5.74, 6) is -0.341. The number of nitrogens with one attached hydrogen (secondary N) is 1. The maximum atomic E-state index is 10.8. The molecule has 2 unspecified atom stereocenters. The van der Waals surface area contributed by atoms with E-state index in [0.29, 0.717) is 18.0 Å². The number of aliphatic hydroxyl groups excluding tert-OH is 1. The minimum atomic E-state index is -0.687. The van der Waals surface area contributed by atoms with Crippen LogP contribution < -0.4 is 5.32 Å². The zero-order chi connectivity index (χ0) is 13.5. The molecule has 0 heterocycles. The van der Waals surface area contributed by atoms with Gasteiger partial charge in [0, 0.05) is 18.5 Å². The molecule has 100 valence electrons. The van der Waals surface area contributed by atoms with Gasteiger partial charge in [-0.25, -0.2) is 0 Å². The van der Waals surface area contributed by atoms with Crippen LogP contribution in [0, 0.1) is 0 Å². The second kappa shape index (κ2) is 7.36. The number of benzene rings is 1. The van der Waals surface area contributed by atoms with Gasteiger partial charge in [-0.05, 0) is 24.1 Å². The normalized spacial score (nSPS) is 14.0. The summed E-state index contributed by atoms with van der Waals surface area (Å²) in [6.45, 7) is 3.55. The number of esters is 1. The molecule has 0 bridgehead atoms. The number of aliphatic hydroxyl groups is 1. The second-order valence-electron chi connectivity index (χ2n) is 3.99. The Labute approximate surface area is 112 Å². The lowest BCUT2D eigenvalue weighted by Crippen LogP contribution is -2.35. The Bertz CT molecular complexity index is 398. The first-order valence-electron chi connectivity index (χ1n) is 5.87. The molecule has 0 spiro atoms. The van der Waals surface area contributed by atoms with Crippen molar-refractivity contribution in [1.29, 1.82) is 0 Å². The minimum Gasteiger partial charge on any atom is -0.447 e. The first-order valence-corrected chi connectivity index (χ1v) is 6.24. The first-order chi connectivity index (χ1) is 8.52. The largest absolute Gasteiger partial charge is 0.447 e. The van der Waals surface area contributed by atoms with Crippen molar-refractivity contribution >= 4 is 17.6 Å². The van der Waals surface area contributed by atoms with Crippen molar-refractivity contribution in [3.63, 3.8) is 0 Å². The van der Waals surface area contributed by atoms with E-state index in [2.05, 4.69) is 5.32 Å². The van der Waals surface area contributed by atoms with Crippen LogP contribution in [0.5, 0.6) is 0 Å². The predicted octanol–water partition coefficient (Wildman–Crippen LogP) is 2.26. The average Bonchev–Trinajstić information content (AvgIpc) is 2.33. The third kappa shape index (κ3) is 5.04.